The third-order valence-electron chi connectivity index (χ3n) is 2.82. The molecular formula is C13H20FNO2. The molecular weight excluding hydrogens is 221 g/mol. The molecule has 0 unspecified atom stereocenters. The van der Waals surface area contributed by atoms with Crippen molar-refractivity contribution in [2.24, 2.45) is 5.73 Å². The minimum Gasteiger partial charge on any atom is -0.496 e. The van der Waals surface area contributed by atoms with Crippen molar-refractivity contribution >= 4 is 0 Å². The molecule has 0 aliphatic carbocycles. The van der Waals surface area contributed by atoms with E-state index in [0.29, 0.717) is 17.7 Å². The van der Waals surface area contributed by atoms with E-state index in [1.54, 1.807) is 0 Å². The number of aliphatic hydroxyl groups excluding tert-OH is 1. The van der Waals surface area contributed by atoms with E-state index < -0.39 is 12.1 Å². The van der Waals surface area contributed by atoms with Gasteiger partial charge in [0, 0.05) is 5.56 Å². The van der Waals surface area contributed by atoms with Crippen LogP contribution in [-0.4, -0.2) is 18.3 Å². The molecule has 0 saturated heterocycles. The third kappa shape index (κ3) is 3.68. The predicted octanol–water partition coefficient (Wildman–Crippen LogP) is 2.39. The van der Waals surface area contributed by atoms with Gasteiger partial charge in [0.2, 0.25) is 0 Å². The maximum Gasteiger partial charge on any atom is 0.123 e. The summed E-state index contributed by atoms with van der Waals surface area (Å²) in [5.41, 5.74) is 6.44. The van der Waals surface area contributed by atoms with Gasteiger partial charge in [0.25, 0.3) is 0 Å². The van der Waals surface area contributed by atoms with E-state index in [1.165, 1.54) is 25.3 Å². The average molecular weight is 241 g/mol. The van der Waals surface area contributed by atoms with Crippen LogP contribution in [0.5, 0.6) is 5.75 Å². The third-order valence-corrected chi connectivity index (χ3v) is 2.82. The topological polar surface area (TPSA) is 55.5 Å². The van der Waals surface area contributed by atoms with Crippen LogP contribution >= 0.6 is 0 Å². The highest BCUT2D eigenvalue weighted by Gasteiger charge is 2.20. The van der Waals surface area contributed by atoms with E-state index in [-0.39, 0.29) is 5.82 Å². The van der Waals surface area contributed by atoms with Crippen LogP contribution in [0.15, 0.2) is 18.2 Å². The first-order chi connectivity index (χ1) is 8.10. The first kappa shape index (κ1) is 13.9. The Bertz CT molecular complexity index is 357. The molecule has 0 heterocycles. The van der Waals surface area contributed by atoms with Gasteiger partial charge in [-0.15, -0.1) is 0 Å². The van der Waals surface area contributed by atoms with E-state index in [0.717, 1.165) is 12.8 Å². The number of halogens is 1. The van der Waals surface area contributed by atoms with Crippen molar-refractivity contribution < 1.29 is 14.2 Å². The molecule has 0 spiro atoms. The number of hydrogen-bond acceptors (Lipinski definition) is 3. The summed E-state index contributed by atoms with van der Waals surface area (Å²) in [5, 5.41) is 9.91. The van der Waals surface area contributed by atoms with Crippen molar-refractivity contribution in [3.63, 3.8) is 0 Å². The number of ether oxygens (including phenoxy) is 1. The lowest BCUT2D eigenvalue weighted by molar-refractivity contribution is 0.131. The summed E-state index contributed by atoms with van der Waals surface area (Å²) in [6.45, 7) is 2.04. The van der Waals surface area contributed by atoms with Gasteiger partial charge < -0.3 is 15.6 Å². The molecule has 0 fully saturated rings. The molecule has 17 heavy (non-hydrogen) atoms. The van der Waals surface area contributed by atoms with Crippen molar-refractivity contribution in [1.82, 2.24) is 0 Å². The second kappa shape index (κ2) is 6.57. The van der Waals surface area contributed by atoms with Crippen LogP contribution < -0.4 is 10.5 Å². The Hall–Kier alpha value is -1.13. The van der Waals surface area contributed by atoms with Crippen LogP contribution in [0.25, 0.3) is 0 Å². The van der Waals surface area contributed by atoms with Gasteiger partial charge in [0.15, 0.2) is 0 Å². The fourth-order valence-corrected chi connectivity index (χ4v) is 1.77. The lowest BCUT2D eigenvalue weighted by Crippen LogP contribution is -2.26. The zero-order valence-electron chi connectivity index (χ0n) is 10.3. The van der Waals surface area contributed by atoms with E-state index in [1.807, 2.05) is 6.92 Å². The lowest BCUT2D eigenvalue weighted by Gasteiger charge is -2.21. The van der Waals surface area contributed by atoms with Gasteiger partial charge in [-0.2, -0.15) is 0 Å². The van der Waals surface area contributed by atoms with Crippen molar-refractivity contribution in [3.8, 4) is 5.75 Å². The van der Waals surface area contributed by atoms with Crippen LogP contribution in [0.2, 0.25) is 0 Å². The molecule has 3 N–H and O–H groups in total. The maximum atomic E-state index is 13.2. The molecule has 0 aliphatic heterocycles. The van der Waals surface area contributed by atoms with Crippen LogP contribution in [0.3, 0.4) is 0 Å². The van der Waals surface area contributed by atoms with E-state index in [2.05, 4.69) is 0 Å². The molecule has 0 amide bonds. The summed E-state index contributed by atoms with van der Waals surface area (Å²) in [6.07, 6.45) is 1.82. The molecule has 0 aliphatic rings. The highest BCUT2D eigenvalue weighted by Crippen LogP contribution is 2.28. The van der Waals surface area contributed by atoms with Gasteiger partial charge in [-0.25, -0.2) is 4.39 Å². The molecule has 0 aromatic heterocycles. The van der Waals surface area contributed by atoms with Gasteiger partial charge in [0.1, 0.15) is 11.6 Å². The Morgan fingerprint density at radius 1 is 1.47 bits per heavy atom. The molecule has 1 rings (SSSR count). The number of benzene rings is 1. The Kier molecular flexibility index (Phi) is 5.38. The number of hydrogen-bond donors (Lipinski definition) is 2. The van der Waals surface area contributed by atoms with Gasteiger partial charge in [0.05, 0.1) is 19.3 Å². The smallest absolute Gasteiger partial charge is 0.123 e. The first-order valence-corrected chi connectivity index (χ1v) is 5.87. The molecule has 3 nitrogen and oxygen atoms in total. The molecule has 0 radical (unpaired) electrons. The second-order valence-corrected chi connectivity index (χ2v) is 4.12. The minimum absolute atomic E-state index is 0.376. The summed E-state index contributed by atoms with van der Waals surface area (Å²) < 4.78 is 18.3. The van der Waals surface area contributed by atoms with Gasteiger partial charge >= 0.3 is 0 Å². The quantitative estimate of drug-likeness (QED) is 0.804. The number of rotatable bonds is 6. The van der Waals surface area contributed by atoms with Crippen molar-refractivity contribution in [3.05, 3.63) is 29.6 Å². The van der Waals surface area contributed by atoms with Crippen LogP contribution in [0.4, 0.5) is 4.39 Å². The van der Waals surface area contributed by atoms with Gasteiger partial charge in [-0.1, -0.05) is 19.8 Å². The summed E-state index contributed by atoms with van der Waals surface area (Å²) >= 11 is 0. The average Bonchev–Trinajstić information content (AvgIpc) is 2.34. The summed E-state index contributed by atoms with van der Waals surface area (Å²) in [5.74, 6) is 0.133. The minimum atomic E-state index is -0.675. The summed E-state index contributed by atoms with van der Waals surface area (Å²) in [6, 6.07) is 3.54. The highest BCUT2D eigenvalue weighted by atomic mass is 19.1. The normalized spacial score (nSPS) is 14.4. The molecule has 1 aromatic carbocycles. The highest BCUT2D eigenvalue weighted by molar-refractivity contribution is 5.36. The standard InChI is InChI=1S/C13H20FNO2/c1-3-4-5-11(16)13(15)10-8-9(14)6-7-12(10)17-2/h6-8,11,13,16H,3-5,15H2,1-2H3/t11-,13+/m1/s1. The zero-order chi connectivity index (χ0) is 12.8. The molecule has 0 saturated carbocycles. The molecule has 4 heteroatoms. The van der Waals surface area contributed by atoms with Crippen LogP contribution in [-0.2, 0) is 0 Å². The van der Waals surface area contributed by atoms with Gasteiger partial charge in [-0.05, 0) is 24.6 Å². The number of methoxy groups -OCH3 is 1. The second-order valence-electron chi connectivity index (χ2n) is 4.12. The van der Waals surface area contributed by atoms with E-state index in [9.17, 15) is 9.50 Å². The number of unbranched alkanes of at least 4 members (excludes halogenated alkanes) is 1. The molecule has 2 atom stereocenters. The Morgan fingerprint density at radius 3 is 2.76 bits per heavy atom. The van der Waals surface area contributed by atoms with E-state index >= 15 is 0 Å². The zero-order valence-corrected chi connectivity index (χ0v) is 10.3. The Morgan fingerprint density at radius 2 is 2.18 bits per heavy atom. The Balaban J connectivity index is 2.86. The summed E-state index contributed by atoms with van der Waals surface area (Å²) in [4.78, 5) is 0. The van der Waals surface area contributed by atoms with E-state index in [4.69, 9.17) is 10.5 Å². The molecule has 96 valence electrons. The largest absolute Gasteiger partial charge is 0.496 e. The van der Waals surface area contributed by atoms with Gasteiger partial charge in [-0.3, -0.25) is 0 Å². The molecule has 1 aromatic rings. The fraction of sp³-hybridized carbons (Fsp3) is 0.538. The Labute approximate surface area is 101 Å². The maximum absolute atomic E-state index is 13.2. The lowest BCUT2D eigenvalue weighted by atomic mass is 9.97. The SMILES string of the molecule is CCCC[C@@H](O)[C@@H](N)c1cc(F)ccc1OC. The number of nitrogens with two attached hydrogens (primary N) is 1. The van der Waals surface area contributed by atoms with Crippen LogP contribution in [0, 0.1) is 5.82 Å². The monoisotopic (exact) mass is 241 g/mol. The summed E-state index contributed by atoms with van der Waals surface area (Å²) in [7, 11) is 1.50. The van der Waals surface area contributed by atoms with Crippen molar-refractivity contribution in [1.29, 1.82) is 0 Å². The van der Waals surface area contributed by atoms with Crippen LogP contribution in [0.1, 0.15) is 37.8 Å². The van der Waals surface area contributed by atoms with Crippen molar-refractivity contribution in [2.45, 2.75) is 38.3 Å². The van der Waals surface area contributed by atoms with Crippen molar-refractivity contribution in [2.75, 3.05) is 7.11 Å². The number of aliphatic hydroxyl groups is 1. The first-order valence-electron chi connectivity index (χ1n) is 5.87. The predicted molar refractivity (Wildman–Crippen MR) is 65.4 cm³/mol. The fourth-order valence-electron chi connectivity index (χ4n) is 1.77. The molecule has 0 bridgehead atoms.